The van der Waals surface area contributed by atoms with Crippen LogP contribution in [0.5, 0.6) is 0 Å². The number of nitrogens with zero attached hydrogens (tertiary/aromatic N) is 4. The van der Waals surface area contributed by atoms with E-state index >= 15 is 0 Å². The van der Waals surface area contributed by atoms with Crippen LogP contribution in [-0.4, -0.2) is 26.4 Å². The maximum Gasteiger partial charge on any atom is 0.234 e. The van der Waals surface area contributed by atoms with Gasteiger partial charge in [-0.15, -0.1) is 10.2 Å². The molecule has 5 nitrogen and oxygen atoms in total. The molecule has 2 aromatic rings. The van der Waals surface area contributed by atoms with Crippen LogP contribution in [0.3, 0.4) is 0 Å². The van der Waals surface area contributed by atoms with Gasteiger partial charge in [0.05, 0.1) is 6.04 Å². The largest absolute Gasteiger partial charge is 0.308 e. The smallest absolute Gasteiger partial charge is 0.234 e. The number of hydrogen-bond acceptors (Lipinski definition) is 5. The van der Waals surface area contributed by atoms with E-state index in [1.54, 1.807) is 11.3 Å². The molecule has 2 fully saturated rings. The second kappa shape index (κ2) is 3.49. The van der Waals surface area contributed by atoms with E-state index in [0.29, 0.717) is 17.9 Å². The normalized spacial score (nSPS) is 29.2. The van der Waals surface area contributed by atoms with Crippen molar-refractivity contribution in [1.29, 1.82) is 0 Å². The Hall–Kier alpha value is -1.01. The molecule has 0 spiro atoms. The molecule has 2 unspecified atom stereocenters. The number of hydrogen-bond donors (Lipinski definition) is 1. The molecule has 1 N–H and O–H groups in total. The van der Waals surface area contributed by atoms with Gasteiger partial charge >= 0.3 is 0 Å². The van der Waals surface area contributed by atoms with Crippen LogP contribution in [0.1, 0.15) is 49.0 Å². The molecular weight excluding hydrogens is 234 g/mol. The summed E-state index contributed by atoms with van der Waals surface area (Å²) in [6, 6.07) is 0.411. The molecule has 3 heterocycles. The first-order chi connectivity index (χ1) is 8.33. The molecule has 1 saturated carbocycles. The van der Waals surface area contributed by atoms with E-state index in [9.17, 15) is 0 Å². The molecule has 4 rings (SSSR count). The summed E-state index contributed by atoms with van der Waals surface area (Å²) in [7, 11) is 0. The van der Waals surface area contributed by atoms with E-state index in [1.165, 1.54) is 24.3 Å². The monoisotopic (exact) mass is 249 g/mol. The van der Waals surface area contributed by atoms with Crippen LogP contribution in [0.4, 0.5) is 0 Å². The summed E-state index contributed by atoms with van der Waals surface area (Å²) in [6.45, 7) is 3.39. The fraction of sp³-hybridized carbons (Fsp3) is 0.727. The van der Waals surface area contributed by atoms with Gasteiger partial charge in [-0.25, -0.2) is 0 Å². The van der Waals surface area contributed by atoms with Gasteiger partial charge in [0.2, 0.25) is 4.96 Å². The predicted octanol–water partition coefficient (Wildman–Crippen LogP) is 1.73. The highest BCUT2D eigenvalue weighted by atomic mass is 32.1. The van der Waals surface area contributed by atoms with Crippen LogP contribution in [0, 0.1) is 5.92 Å². The fourth-order valence-electron chi connectivity index (χ4n) is 2.53. The Morgan fingerprint density at radius 1 is 1.29 bits per heavy atom. The van der Waals surface area contributed by atoms with Crippen molar-refractivity contribution in [2.45, 2.75) is 38.1 Å². The lowest BCUT2D eigenvalue weighted by Crippen LogP contribution is -2.16. The Labute approximate surface area is 103 Å². The van der Waals surface area contributed by atoms with Crippen LogP contribution in [-0.2, 0) is 0 Å². The van der Waals surface area contributed by atoms with Gasteiger partial charge < -0.3 is 5.32 Å². The van der Waals surface area contributed by atoms with Crippen LogP contribution >= 0.6 is 11.3 Å². The quantitative estimate of drug-likeness (QED) is 0.880. The Bertz CT molecular complexity index is 555. The van der Waals surface area contributed by atoms with Gasteiger partial charge in [0, 0.05) is 5.92 Å². The molecule has 0 amide bonds. The molecular formula is C11H15N5S. The molecule has 17 heavy (non-hydrogen) atoms. The molecule has 1 saturated heterocycles. The minimum Gasteiger partial charge on any atom is -0.308 e. The standard InChI is InChI=1S/C11H15N5S/c1-6-4-5-12-8(6)10-15-16-9(7-2-3-7)13-14-11(16)17-10/h6-8,12H,2-5H2,1H3. The van der Waals surface area contributed by atoms with Gasteiger partial charge in [-0.1, -0.05) is 18.3 Å². The van der Waals surface area contributed by atoms with Crippen molar-refractivity contribution in [3.8, 4) is 0 Å². The number of aromatic nitrogens is 4. The number of rotatable bonds is 2. The molecule has 0 radical (unpaired) electrons. The third kappa shape index (κ3) is 1.51. The van der Waals surface area contributed by atoms with Crippen molar-refractivity contribution in [1.82, 2.24) is 25.1 Å². The summed E-state index contributed by atoms with van der Waals surface area (Å²) < 4.78 is 1.96. The molecule has 2 aliphatic rings. The predicted molar refractivity (Wildman–Crippen MR) is 65.2 cm³/mol. The van der Waals surface area contributed by atoms with Crippen LogP contribution < -0.4 is 5.32 Å². The summed E-state index contributed by atoms with van der Waals surface area (Å²) in [6.07, 6.45) is 3.72. The van der Waals surface area contributed by atoms with Crippen molar-refractivity contribution in [3.05, 3.63) is 10.8 Å². The molecule has 1 aliphatic heterocycles. The molecule has 1 aliphatic carbocycles. The summed E-state index contributed by atoms with van der Waals surface area (Å²) in [5.74, 6) is 2.34. The molecule has 0 bridgehead atoms. The van der Waals surface area contributed by atoms with Crippen molar-refractivity contribution < 1.29 is 0 Å². The van der Waals surface area contributed by atoms with Crippen LogP contribution in [0.15, 0.2) is 0 Å². The van der Waals surface area contributed by atoms with Gasteiger partial charge in [-0.3, -0.25) is 0 Å². The average Bonchev–Trinajstić information content (AvgIpc) is 2.75. The van der Waals surface area contributed by atoms with E-state index in [1.807, 2.05) is 4.52 Å². The Morgan fingerprint density at radius 3 is 2.88 bits per heavy atom. The molecule has 2 aromatic heterocycles. The lowest BCUT2D eigenvalue weighted by atomic mass is 10.0. The van der Waals surface area contributed by atoms with Crippen molar-refractivity contribution in [3.63, 3.8) is 0 Å². The SMILES string of the molecule is CC1CCNC1c1nn2c(C3CC3)nnc2s1. The minimum atomic E-state index is 0.411. The van der Waals surface area contributed by atoms with E-state index in [2.05, 4.69) is 22.4 Å². The third-order valence-corrected chi connectivity index (χ3v) is 4.75. The highest BCUT2D eigenvalue weighted by molar-refractivity contribution is 7.16. The number of nitrogens with one attached hydrogen (secondary N) is 1. The van der Waals surface area contributed by atoms with E-state index in [4.69, 9.17) is 5.10 Å². The van der Waals surface area contributed by atoms with Gasteiger partial charge in [0.15, 0.2) is 5.82 Å². The molecule has 6 heteroatoms. The second-order valence-electron chi connectivity index (χ2n) is 5.16. The van der Waals surface area contributed by atoms with Gasteiger partial charge in [-0.05, 0) is 31.7 Å². The lowest BCUT2D eigenvalue weighted by Gasteiger charge is -2.10. The second-order valence-corrected chi connectivity index (χ2v) is 6.15. The summed E-state index contributed by atoms with van der Waals surface area (Å²) in [4.78, 5) is 0.947. The number of fused-ring (bicyclic) bond motifs is 1. The van der Waals surface area contributed by atoms with Crippen molar-refractivity contribution in [2.24, 2.45) is 5.92 Å². The van der Waals surface area contributed by atoms with E-state index < -0.39 is 0 Å². The van der Waals surface area contributed by atoms with Crippen LogP contribution in [0.2, 0.25) is 0 Å². The lowest BCUT2D eigenvalue weighted by molar-refractivity contribution is 0.495. The summed E-state index contributed by atoms with van der Waals surface area (Å²) in [5.41, 5.74) is 0. The molecule has 90 valence electrons. The van der Waals surface area contributed by atoms with Crippen molar-refractivity contribution in [2.75, 3.05) is 6.54 Å². The maximum absolute atomic E-state index is 4.71. The van der Waals surface area contributed by atoms with Crippen LogP contribution in [0.25, 0.3) is 4.96 Å². The Balaban J connectivity index is 1.76. The summed E-state index contributed by atoms with van der Waals surface area (Å²) in [5, 5.41) is 17.9. The molecule has 0 aromatic carbocycles. The van der Waals surface area contributed by atoms with E-state index in [0.717, 1.165) is 17.3 Å². The molecule has 2 atom stereocenters. The minimum absolute atomic E-state index is 0.411. The van der Waals surface area contributed by atoms with Crippen molar-refractivity contribution >= 4 is 16.3 Å². The van der Waals surface area contributed by atoms with Gasteiger partial charge in [-0.2, -0.15) is 9.61 Å². The highest BCUT2D eigenvalue weighted by Gasteiger charge is 2.32. The van der Waals surface area contributed by atoms with Gasteiger partial charge in [0.25, 0.3) is 0 Å². The zero-order valence-corrected chi connectivity index (χ0v) is 10.6. The first-order valence-electron chi connectivity index (χ1n) is 6.28. The maximum atomic E-state index is 4.71. The highest BCUT2D eigenvalue weighted by Crippen LogP contribution is 2.40. The first kappa shape index (κ1) is 9.96. The van der Waals surface area contributed by atoms with Gasteiger partial charge in [0.1, 0.15) is 5.01 Å². The topological polar surface area (TPSA) is 55.1 Å². The average molecular weight is 249 g/mol. The fourth-order valence-corrected chi connectivity index (χ4v) is 3.59. The zero-order chi connectivity index (χ0) is 11.4. The Kier molecular flexibility index (Phi) is 2.05. The Morgan fingerprint density at radius 2 is 2.18 bits per heavy atom. The first-order valence-corrected chi connectivity index (χ1v) is 7.10. The zero-order valence-electron chi connectivity index (χ0n) is 9.76. The van der Waals surface area contributed by atoms with E-state index in [-0.39, 0.29) is 0 Å². The summed E-state index contributed by atoms with van der Waals surface area (Å²) >= 11 is 1.68. The third-order valence-electron chi connectivity index (χ3n) is 3.77.